The summed E-state index contributed by atoms with van der Waals surface area (Å²) < 4.78 is 15.5. The second kappa shape index (κ2) is 8.22. The summed E-state index contributed by atoms with van der Waals surface area (Å²) in [4.78, 5) is 24.2. The van der Waals surface area contributed by atoms with Crippen LogP contribution in [0.15, 0.2) is 41.0 Å². The molecule has 0 spiro atoms. The first-order valence-corrected chi connectivity index (χ1v) is 8.74. The van der Waals surface area contributed by atoms with Crippen LogP contribution in [-0.4, -0.2) is 30.7 Å². The maximum Gasteiger partial charge on any atom is 0.310 e. The Hall–Kier alpha value is -3.19. The molecule has 28 heavy (non-hydrogen) atoms. The standard InChI is InChI=1S/C20H18ClNO6/c1-11-5-16(18(26-2)8-15(11)21)22-19(24)10-28-20(25)6-12-9-27-17-7-13(23)3-4-14(12)17/h3-5,7-9,23H,6,10H2,1-2H3,(H,22,24). The van der Waals surface area contributed by atoms with Gasteiger partial charge in [0.2, 0.25) is 0 Å². The Labute approximate surface area is 165 Å². The number of carbonyl (C=O) groups is 2. The van der Waals surface area contributed by atoms with Crippen LogP contribution in [0.2, 0.25) is 5.02 Å². The summed E-state index contributed by atoms with van der Waals surface area (Å²) in [6.45, 7) is 1.35. The van der Waals surface area contributed by atoms with Crippen molar-refractivity contribution in [1.29, 1.82) is 0 Å². The number of aromatic hydroxyl groups is 1. The van der Waals surface area contributed by atoms with Crippen LogP contribution in [0.25, 0.3) is 11.0 Å². The van der Waals surface area contributed by atoms with E-state index in [1.165, 1.54) is 25.5 Å². The molecule has 1 heterocycles. The van der Waals surface area contributed by atoms with E-state index < -0.39 is 18.5 Å². The molecule has 2 aromatic carbocycles. The number of halogens is 1. The lowest BCUT2D eigenvalue weighted by atomic mass is 10.1. The Morgan fingerprint density at radius 3 is 2.79 bits per heavy atom. The van der Waals surface area contributed by atoms with Crippen molar-refractivity contribution in [2.24, 2.45) is 0 Å². The molecule has 0 aliphatic heterocycles. The first kappa shape index (κ1) is 19.6. The van der Waals surface area contributed by atoms with Crippen molar-refractivity contribution in [2.45, 2.75) is 13.3 Å². The van der Waals surface area contributed by atoms with E-state index in [1.54, 1.807) is 25.1 Å². The first-order valence-electron chi connectivity index (χ1n) is 8.36. The highest BCUT2D eigenvalue weighted by atomic mass is 35.5. The van der Waals surface area contributed by atoms with E-state index in [1.807, 2.05) is 0 Å². The summed E-state index contributed by atoms with van der Waals surface area (Å²) in [6, 6.07) is 7.88. The minimum atomic E-state index is -0.579. The number of phenolic OH excluding ortho intramolecular Hbond substituents is 1. The Morgan fingerprint density at radius 2 is 2.04 bits per heavy atom. The number of aryl methyl sites for hydroxylation is 1. The number of rotatable bonds is 6. The number of anilines is 1. The molecule has 8 heteroatoms. The van der Waals surface area contributed by atoms with Gasteiger partial charge in [-0.2, -0.15) is 0 Å². The molecule has 0 aliphatic carbocycles. The molecule has 0 saturated carbocycles. The zero-order valence-corrected chi connectivity index (χ0v) is 16.0. The summed E-state index contributed by atoms with van der Waals surface area (Å²) in [7, 11) is 1.46. The normalized spacial score (nSPS) is 10.7. The van der Waals surface area contributed by atoms with Crippen molar-refractivity contribution in [2.75, 3.05) is 19.0 Å². The van der Waals surface area contributed by atoms with Gasteiger partial charge < -0.3 is 24.3 Å². The highest BCUT2D eigenvalue weighted by Crippen LogP contribution is 2.31. The van der Waals surface area contributed by atoms with Crippen molar-refractivity contribution in [3.63, 3.8) is 0 Å². The fraction of sp³-hybridized carbons (Fsp3) is 0.200. The van der Waals surface area contributed by atoms with E-state index >= 15 is 0 Å². The number of benzene rings is 2. The minimum absolute atomic E-state index is 0.0611. The molecular weight excluding hydrogens is 386 g/mol. The van der Waals surface area contributed by atoms with Gasteiger partial charge in [0.05, 0.1) is 25.5 Å². The zero-order valence-electron chi connectivity index (χ0n) is 15.2. The van der Waals surface area contributed by atoms with Gasteiger partial charge in [0.25, 0.3) is 5.91 Å². The van der Waals surface area contributed by atoms with Crippen LogP contribution in [0.5, 0.6) is 11.5 Å². The van der Waals surface area contributed by atoms with Crippen molar-refractivity contribution < 1.29 is 28.6 Å². The van der Waals surface area contributed by atoms with Gasteiger partial charge in [-0.05, 0) is 30.7 Å². The van der Waals surface area contributed by atoms with E-state index in [0.717, 1.165) is 5.56 Å². The smallest absolute Gasteiger partial charge is 0.310 e. The molecule has 1 aromatic heterocycles. The van der Waals surface area contributed by atoms with Crippen LogP contribution in [0.4, 0.5) is 5.69 Å². The van der Waals surface area contributed by atoms with Gasteiger partial charge in [-0.3, -0.25) is 9.59 Å². The predicted molar refractivity (Wildman–Crippen MR) is 104 cm³/mol. The fourth-order valence-electron chi connectivity index (χ4n) is 2.68. The number of furan rings is 1. The van der Waals surface area contributed by atoms with E-state index in [9.17, 15) is 14.7 Å². The monoisotopic (exact) mass is 403 g/mol. The third kappa shape index (κ3) is 4.37. The van der Waals surface area contributed by atoms with Gasteiger partial charge in [-0.25, -0.2) is 0 Å². The maximum atomic E-state index is 12.1. The summed E-state index contributed by atoms with van der Waals surface area (Å²) in [5.74, 6) is -0.607. The summed E-state index contributed by atoms with van der Waals surface area (Å²) in [6.07, 6.45) is 1.36. The van der Waals surface area contributed by atoms with Crippen molar-refractivity contribution >= 4 is 40.1 Å². The minimum Gasteiger partial charge on any atom is -0.508 e. The number of nitrogens with one attached hydrogen (secondary N) is 1. The molecule has 0 radical (unpaired) electrons. The average Bonchev–Trinajstić information content (AvgIpc) is 3.04. The third-order valence-corrected chi connectivity index (χ3v) is 4.50. The van der Waals surface area contributed by atoms with E-state index in [2.05, 4.69) is 5.32 Å². The van der Waals surface area contributed by atoms with Crippen LogP contribution in [0.1, 0.15) is 11.1 Å². The number of phenols is 1. The Bertz CT molecular complexity index is 1040. The van der Waals surface area contributed by atoms with Crippen LogP contribution in [0, 0.1) is 6.92 Å². The van der Waals surface area contributed by atoms with Gasteiger partial charge in [-0.1, -0.05) is 11.6 Å². The van der Waals surface area contributed by atoms with Gasteiger partial charge in [0.1, 0.15) is 17.1 Å². The lowest BCUT2D eigenvalue weighted by Gasteiger charge is -2.12. The van der Waals surface area contributed by atoms with Crippen LogP contribution >= 0.6 is 11.6 Å². The van der Waals surface area contributed by atoms with Crippen molar-refractivity contribution in [3.05, 3.63) is 52.7 Å². The molecule has 3 rings (SSSR count). The van der Waals surface area contributed by atoms with E-state index in [4.69, 9.17) is 25.5 Å². The lowest BCUT2D eigenvalue weighted by molar-refractivity contribution is -0.146. The molecule has 7 nitrogen and oxygen atoms in total. The number of ether oxygens (including phenoxy) is 2. The zero-order chi connectivity index (χ0) is 20.3. The van der Waals surface area contributed by atoms with Gasteiger partial charge in [0.15, 0.2) is 6.61 Å². The first-order chi connectivity index (χ1) is 13.4. The van der Waals surface area contributed by atoms with Crippen molar-refractivity contribution in [1.82, 2.24) is 0 Å². The highest BCUT2D eigenvalue weighted by molar-refractivity contribution is 6.31. The maximum absolute atomic E-state index is 12.1. The second-order valence-corrected chi connectivity index (χ2v) is 6.54. The quantitative estimate of drug-likeness (QED) is 0.607. The molecule has 0 saturated heterocycles. The number of hydrogen-bond donors (Lipinski definition) is 2. The molecule has 0 fully saturated rings. The topological polar surface area (TPSA) is 98.0 Å². The molecule has 146 valence electrons. The SMILES string of the molecule is COc1cc(Cl)c(C)cc1NC(=O)COC(=O)Cc1coc2cc(O)ccc12. The molecule has 0 aliphatic rings. The fourth-order valence-corrected chi connectivity index (χ4v) is 2.83. The molecule has 0 atom stereocenters. The molecule has 1 amide bonds. The second-order valence-electron chi connectivity index (χ2n) is 6.13. The molecule has 0 bridgehead atoms. The molecule has 3 aromatic rings. The lowest BCUT2D eigenvalue weighted by Crippen LogP contribution is -2.22. The summed E-state index contributed by atoms with van der Waals surface area (Å²) in [5.41, 5.74) is 2.28. The molecule has 2 N–H and O–H groups in total. The van der Waals surface area contributed by atoms with Crippen LogP contribution < -0.4 is 10.1 Å². The summed E-state index contributed by atoms with van der Waals surface area (Å²) >= 11 is 6.04. The number of fused-ring (bicyclic) bond motifs is 1. The number of esters is 1. The molecule has 0 unspecified atom stereocenters. The van der Waals surface area contributed by atoms with E-state index in [0.29, 0.717) is 33.0 Å². The average molecular weight is 404 g/mol. The van der Waals surface area contributed by atoms with E-state index in [-0.39, 0.29) is 12.2 Å². The largest absolute Gasteiger partial charge is 0.508 e. The predicted octanol–water partition coefficient (Wildman–Crippen LogP) is 3.83. The Balaban J connectivity index is 1.58. The number of amides is 1. The highest BCUT2D eigenvalue weighted by Gasteiger charge is 2.15. The van der Waals surface area contributed by atoms with Gasteiger partial charge >= 0.3 is 5.97 Å². The van der Waals surface area contributed by atoms with Crippen LogP contribution in [-0.2, 0) is 20.7 Å². The van der Waals surface area contributed by atoms with Crippen molar-refractivity contribution in [3.8, 4) is 11.5 Å². The number of methoxy groups -OCH3 is 1. The van der Waals surface area contributed by atoms with Gasteiger partial charge in [-0.15, -0.1) is 0 Å². The summed E-state index contributed by atoms with van der Waals surface area (Å²) in [5, 5.41) is 13.3. The van der Waals surface area contributed by atoms with Crippen LogP contribution in [0.3, 0.4) is 0 Å². The Kier molecular flexibility index (Phi) is 5.75. The van der Waals surface area contributed by atoms with Gasteiger partial charge in [0, 0.05) is 28.1 Å². The Morgan fingerprint density at radius 1 is 1.25 bits per heavy atom. The number of hydrogen-bond acceptors (Lipinski definition) is 6. The third-order valence-electron chi connectivity index (χ3n) is 4.09. The number of carbonyl (C=O) groups excluding carboxylic acids is 2. The molecular formula is C20H18ClNO6.